The number of aromatic amines is 1. The standard InChI is InChI=1S/C18H17N5/c1-12(2)13-7-9-14(10-8-13)23-11-17(20-22-23)18-15-5-3-4-6-16(15)19-21-18/h3-12H,1-2H3,(H,19,21). The highest BCUT2D eigenvalue weighted by atomic mass is 15.4. The molecule has 0 aliphatic heterocycles. The summed E-state index contributed by atoms with van der Waals surface area (Å²) >= 11 is 0. The highest BCUT2D eigenvalue weighted by molar-refractivity contribution is 5.91. The van der Waals surface area contributed by atoms with Crippen LogP contribution in [-0.2, 0) is 0 Å². The molecule has 0 saturated heterocycles. The molecule has 23 heavy (non-hydrogen) atoms. The van der Waals surface area contributed by atoms with Crippen molar-refractivity contribution in [3.8, 4) is 17.1 Å². The van der Waals surface area contributed by atoms with Crippen LogP contribution < -0.4 is 0 Å². The summed E-state index contributed by atoms with van der Waals surface area (Å²) in [4.78, 5) is 0. The van der Waals surface area contributed by atoms with E-state index in [1.807, 2.05) is 30.5 Å². The molecule has 2 heterocycles. The fraction of sp³-hybridized carbons (Fsp3) is 0.167. The molecule has 4 rings (SSSR count). The Morgan fingerprint density at radius 3 is 2.57 bits per heavy atom. The summed E-state index contributed by atoms with van der Waals surface area (Å²) in [6.45, 7) is 4.37. The Bertz CT molecular complexity index is 947. The summed E-state index contributed by atoms with van der Waals surface area (Å²) in [6, 6.07) is 16.4. The lowest BCUT2D eigenvalue weighted by Crippen LogP contribution is -1.95. The maximum Gasteiger partial charge on any atom is 0.134 e. The number of fused-ring (bicyclic) bond motifs is 1. The summed E-state index contributed by atoms with van der Waals surface area (Å²) in [5.74, 6) is 0.519. The number of para-hydroxylation sites is 1. The minimum atomic E-state index is 0.519. The fourth-order valence-electron chi connectivity index (χ4n) is 2.67. The third kappa shape index (κ3) is 2.40. The second-order valence-corrected chi connectivity index (χ2v) is 5.91. The topological polar surface area (TPSA) is 59.4 Å². The highest BCUT2D eigenvalue weighted by Crippen LogP contribution is 2.25. The van der Waals surface area contributed by atoms with E-state index in [9.17, 15) is 0 Å². The largest absolute Gasteiger partial charge is 0.277 e. The van der Waals surface area contributed by atoms with E-state index < -0.39 is 0 Å². The number of hydrogen-bond acceptors (Lipinski definition) is 3. The van der Waals surface area contributed by atoms with Crippen LogP contribution in [0, 0.1) is 0 Å². The zero-order chi connectivity index (χ0) is 15.8. The van der Waals surface area contributed by atoms with Gasteiger partial charge in [0.15, 0.2) is 0 Å². The summed E-state index contributed by atoms with van der Waals surface area (Å²) in [7, 11) is 0. The first-order chi connectivity index (χ1) is 11.2. The van der Waals surface area contributed by atoms with E-state index in [1.165, 1.54) is 5.56 Å². The lowest BCUT2D eigenvalue weighted by molar-refractivity contribution is 0.800. The van der Waals surface area contributed by atoms with Crippen LogP contribution in [-0.4, -0.2) is 25.2 Å². The van der Waals surface area contributed by atoms with Crippen LogP contribution in [0.15, 0.2) is 54.7 Å². The molecule has 0 spiro atoms. The molecule has 0 aliphatic carbocycles. The van der Waals surface area contributed by atoms with Gasteiger partial charge in [0, 0.05) is 5.39 Å². The zero-order valence-corrected chi connectivity index (χ0v) is 13.1. The third-order valence-corrected chi connectivity index (χ3v) is 4.03. The number of nitrogens with zero attached hydrogens (tertiary/aromatic N) is 4. The van der Waals surface area contributed by atoms with Crippen LogP contribution in [0.1, 0.15) is 25.3 Å². The normalized spacial score (nSPS) is 11.4. The Morgan fingerprint density at radius 1 is 1.00 bits per heavy atom. The predicted octanol–water partition coefficient (Wildman–Crippen LogP) is 3.93. The second-order valence-electron chi connectivity index (χ2n) is 5.91. The molecule has 0 radical (unpaired) electrons. The molecule has 4 aromatic rings. The SMILES string of the molecule is CC(C)c1ccc(-n2cc(-c3n[nH]c4ccccc34)nn2)cc1. The van der Waals surface area contributed by atoms with Crippen LogP contribution in [0.3, 0.4) is 0 Å². The van der Waals surface area contributed by atoms with E-state index in [0.29, 0.717) is 5.92 Å². The van der Waals surface area contributed by atoms with Crippen LogP contribution in [0.2, 0.25) is 0 Å². The first kappa shape index (κ1) is 13.7. The lowest BCUT2D eigenvalue weighted by Gasteiger charge is -2.06. The van der Waals surface area contributed by atoms with Crippen molar-refractivity contribution in [2.75, 3.05) is 0 Å². The molecule has 0 unspecified atom stereocenters. The molecule has 114 valence electrons. The number of nitrogens with one attached hydrogen (secondary N) is 1. The van der Waals surface area contributed by atoms with Gasteiger partial charge < -0.3 is 0 Å². The van der Waals surface area contributed by atoms with Crippen LogP contribution in [0.25, 0.3) is 28.0 Å². The fourth-order valence-corrected chi connectivity index (χ4v) is 2.67. The van der Waals surface area contributed by atoms with Gasteiger partial charge in [-0.2, -0.15) is 5.10 Å². The maximum absolute atomic E-state index is 4.37. The smallest absolute Gasteiger partial charge is 0.134 e. The van der Waals surface area contributed by atoms with Gasteiger partial charge >= 0.3 is 0 Å². The van der Waals surface area contributed by atoms with Gasteiger partial charge in [-0.3, -0.25) is 5.10 Å². The molecule has 0 fully saturated rings. The van der Waals surface area contributed by atoms with Crippen molar-refractivity contribution in [1.82, 2.24) is 25.2 Å². The molecule has 0 atom stereocenters. The molecule has 0 aliphatic rings. The second kappa shape index (κ2) is 5.35. The van der Waals surface area contributed by atoms with Crippen molar-refractivity contribution in [2.45, 2.75) is 19.8 Å². The van der Waals surface area contributed by atoms with E-state index in [2.05, 4.69) is 58.6 Å². The van der Waals surface area contributed by atoms with E-state index >= 15 is 0 Å². The monoisotopic (exact) mass is 303 g/mol. The van der Waals surface area contributed by atoms with E-state index in [4.69, 9.17) is 0 Å². The van der Waals surface area contributed by atoms with Crippen LogP contribution in [0.5, 0.6) is 0 Å². The van der Waals surface area contributed by atoms with Crippen molar-refractivity contribution in [3.63, 3.8) is 0 Å². The number of H-pyrrole nitrogens is 1. The molecule has 0 bridgehead atoms. The molecular weight excluding hydrogens is 286 g/mol. The van der Waals surface area contributed by atoms with Gasteiger partial charge in [-0.15, -0.1) is 5.10 Å². The van der Waals surface area contributed by atoms with Gasteiger partial charge in [0.2, 0.25) is 0 Å². The van der Waals surface area contributed by atoms with Crippen molar-refractivity contribution in [1.29, 1.82) is 0 Å². The molecule has 0 saturated carbocycles. The van der Waals surface area contributed by atoms with Gasteiger partial charge in [-0.05, 0) is 29.7 Å². The number of rotatable bonds is 3. The Hall–Kier alpha value is -2.95. The Labute approximate surface area is 134 Å². The molecular formula is C18H17N5. The lowest BCUT2D eigenvalue weighted by atomic mass is 10.0. The minimum Gasteiger partial charge on any atom is -0.277 e. The number of benzene rings is 2. The quantitative estimate of drug-likeness (QED) is 0.623. The van der Waals surface area contributed by atoms with Crippen molar-refractivity contribution in [2.24, 2.45) is 0 Å². The maximum atomic E-state index is 4.37. The predicted molar refractivity (Wildman–Crippen MR) is 90.5 cm³/mol. The van der Waals surface area contributed by atoms with Gasteiger partial charge in [0.1, 0.15) is 11.4 Å². The number of hydrogen-bond donors (Lipinski definition) is 1. The van der Waals surface area contributed by atoms with Gasteiger partial charge in [-0.1, -0.05) is 49.4 Å². The highest BCUT2D eigenvalue weighted by Gasteiger charge is 2.12. The Morgan fingerprint density at radius 2 is 1.78 bits per heavy atom. The van der Waals surface area contributed by atoms with Gasteiger partial charge in [-0.25, -0.2) is 4.68 Å². The van der Waals surface area contributed by atoms with Crippen molar-refractivity contribution in [3.05, 3.63) is 60.3 Å². The van der Waals surface area contributed by atoms with E-state index in [0.717, 1.165) is 28.0 Å². The molecule has 2 aromatic carbocycles. The summed E-state index contributed by atoms with van der Waals surface area (Å²) in [6.07, 6.45) is 1.91. The first-order valence-corrected chi connectivity index (χ1v) is 7.68. The van der Waals surface area contributed by atoms with Gasteiger partial charge in [0.25, 0.3) is 0 Å². The Balaban J connectivity index is 1.71. The zero-order valence-electron chi connectivity index (χ0n) is 13.1. The summed E-state index contributed by atoms with van der Waals surface area (Å²) < 4.78 is 1.78. The van der Waals surface area contributed by atoms with E-state index in [-0.39, 0.29) is 0 Å². The summed E-state index contributed by atoms with van der Waals surface area (Å²) in [5, 5.41) is 17.0. The molecule has 0 amide bonds. The molecule has 5 nitrogen and oxygen atoms in total. The van der Waals surface area contributed by atoms with Crippen LogP contribution in [0.4, 0.5) is 0 Å². The summed E-state index contributed by atoms with van der Waals surface area (Å²) in [5.41, 5.74) is 4.89. The van der Waals surface area contributed by atoms with Crippen molar-refractivity contribution < 1.29 is 0 Å². The average molecular weight is 303 g/mol. The minimum absolute atomic E-state index is 0.519. The molecule has 5 heteroatoms. The Kier molecular flexibility index (Phi) is 3.19. The van der Waals surface area contributed by atoms with Gasteiger partial charge in [0.05, 0.1) is 17.4 Å². The van der Waals surface area contributed by atoms with Crippen molar-refractivity contribution >= 4 is 10.9 Å². The van der Waals surface area contributed by atoms with E-state index in [1.54, 1.807) is 4.68 Å². The molecule has 1 N–H and O–H groups in total. The number of aromatic nitrogens is 5. The molecule has 2 aromatic heterocycles. The van der Waals surface area contributed by atoms with Crippen LogP contribution >= 0.6 is 0 Å². The first-order valence-electron chi connectivity index (χ1n) is 7.68. The average Bonchev–Trinajstić information content (AvgIpc) is 3.21. The third-order valence-electron chi connectivity index (χ3n) is 4.03.